The van der Waals surface area contributed by atoms with Crippen LogP contribution in [0.15, 0.2) is 47.1 Å². The fourth-order valence-corrected chi connectivity index (χ4v) is 4.37. The molecular formula is C24H28N2O4. The van der Waals surface area contributed by atoms with Crippen LogP contribution in [0.5, 0.6) is 23.0 Å². The van der Waals surface area contributed by atoms with Crippen molar-refractivity contribution in [3.63, 3.8) is 0 Å². The van der Waals surface area contributed by atoms with E-state index in [4.69, 9.17) is 24.0 Å². The highest BCUT2D eigenvalue weighted by molar-refractivity contribution is 6.07. The van der Waals surface area contributed by atoms with E-state index in [9.17, 15) is 0 Å². The van der Waals surface area contributed by atoms with E-state index in [-0.39, 0.29) is 6.04 Å². The molecular weight excluding hydrogens is 380 g/mol. The first-order valence-corrected chi connectivity index (χ1v) is 10.2. The summed E-state index contributed by atoms with van der Waals surface area (Å²) in [5.74, 6) is 3.27. The van der Waals surface area contributed by atoms with Gasteiger partial charge in [-0.2, -0.15) is 5.10 Å². The zero-order chi connectivity index (χ0) is 21.1. The van der Waals surface area contributed by atoms with E-state index in [1.807, 2.05) is 30.3 Å². The van der Waals surface area contributed by atoms with Crippen LogP contribution in [0.3, 0.4) is 0 Å². The second-order valence-electron chi connectivity index (χ2n) is 7.50. The van der Waals surface area contributed by atoms with Gasteiger partial charge in [0.25, 0.3) is 0 Å². The predicted molar refractivity (Wildman–Crippen MR) is 118 cm³/mol. The van der Waals surface area contributed by atoms with Gasteiger partial charge in [-0.05, 0) is 66.3 Å². The van der Waals surface area contributed by atoms with Crippen LogP contribution in [0.2, 0.25) is 0 Å². The van der Waals surface area contributed by atoms with Crippen LogP contribution in [0.1, 0.15) is 36.4 Å². The maximum absolute atomic E-state index is 5.49. The van der Waals surface area contributed by atoms with Crippen molar-refractivity contribution in [2.75, 3.05) is 28.4 Å². The van der Waals surface area contributed by atoms with E-state index in [1.165, 1.54) is 5.57 Å². The molecule has 2 aromatic carbocycles. The summed E-state index contributed by atoms with van der Waals surface area (Å²) in [7, 11) is 6.62. The van der Waals surface area contributed by atoms with Crippen LogP contribution < -0.4 is 24.4 Å². The number of methoxy groups -OCH3 is 4. The van der Waals surface area contributed by atoms with Gasteiger partial charge in [0.05, 0.1) is 40.2 Å². The molecule has 0 radical (unpaired) electrons. The van der Waals surface area contributed by atoms with Gasteiger partial charge in [-0.25, -0.2) is 0 Å². The molecule has 0 amide bonds. The summed E-state index contributed by atoms with van der Waals surface area (Å²) in [5.41, 5.74) is 8.03. The number of ether oxygens (including phenoxy) is 4. The molecule has 30 heavy (non-hydrogen) atoms. The highest BCUT2D eigenvalue weighted by Gasteiger charge is 2.37. The standard InChI is InChI=1S/C24H28N2O4/c1-27-19-10-8-15(13-21(19)29-3)12-16-6-5-7-18-23(16)25-26-24(18)17-9-11-20(28-2)22(14-17)30-4/h8-14,18,24,26H,5-7H2,1-4H3/b16-12+. The third-order valence-electron chi connectivity index (χ3n) is 5.88. The van der Waals surface area contributed by atoms with Crippen molar-refractivity contribution in [2.45, 2.75) is 25.3 Å². The molecule has 2 atom stereocenters. The largest absolute Gasteiger partial charge is 0.493 e. The molecule has 6 nitrogen and oxygen atoms in total. The molecule has 1 saturated carbocycles. The minimum absolute atomic E-state index is 0.133. The number of rotatable bonds is 6. The molecule has 0 spiro atoms. The van der Waals surface area contributed by atoms with Gasteiger partial charge in [-0.3, -0.25) is 0 Å². The number of nitrogens with one attached hydrogen (secondary N) is 1. The van der Waals surface area contributed by atoms with Gasteiger partial charge in [0.15, 0.2) is 23.0 Å². The summed E-state index contributed by atoms with van der Waals surface area (Å²) in [4.78, 5) is 0. The summed E-state index contributed by atoms with van der Waals surface area (Å²) in [6.45, 7) is 0. The zero-order valence-electron chi connectivity index (χ0n) is 17.9. The lowest BCUT2D eigenvalue weighted by Crippen LogP contribution is -2.25. The fourth-order valence-electron chi connectivity index (χ4n) is 4.37. The Balaban J connectivity index is 1.60. The Bertz CT molecular complexity index is 983. The van der Waals surface area contributed by atoms with E-state index >= 15 is 0 Å². The lowest BCUT2D eigenvalue weighted by atomic mass is 9.78. The molecule has 2 aromatic rings. The highest BCUT2D eigenvalue weighted by atomic mass is 16.5. The number of nitrogens with zero attached hydrogens (tertiary/aromatic N) is 1. The molecule has 1 heterocycles. The first-order valence-electron chi connectivity index (χ1n) is 10.2. The van der Waals surface area contributed by atoms with Gasteiger partial charge >= 0.3 is 0 Å². The summed E-state index contributed by atoms with van der Waals surface area (Å²) >= 11 is 0. The Morgan fingerprint density at radius 3 is 2.23 bits per heavy atom. The van der Waals surface area contributed by atoms with Gasteiger partial charge in [0.2, 0.25) is 0 Å². The van der Waals surface area contributed by atoms with Crippen LogP contribution in [0.25, 0.3) is 6.08 Å². The Kier molecular flexibility index (Phi) is 5.84. The Labute approximate surface area is 177 Å². The first kappa shape index (κ1) is 20.1. The molecule has 0 saturated heterocycles. The monoisotopic (exact) mass is 408 g/mol. The van der Waals surface area contributed by atoms with E-state index < -0.39 is 0 Å². The van der Waals surface area contributed by atoms with Crippen molar-refractivity contribution < 1.29 is 18.9 Å². The van der Waals surface area contributed by atoms with Gasteiger partial charge < -0.3 is 24.4 Å². The average molecular weight is 408 g/mol. The minimum Gasteiger partial charge on any atom is -0.493 e. The third-order valence-corrected chi connectivity index (χ3v) is 5.88. The fraction of sp³-hybridized carbons (Fsp3) is 0.375. The van der Waals surface area contributed by atoms with Gasteiger partial charge in [-0.15, -0.1) is 0 Å². The predicted octanol–water partition coefficient (Wildman–Crippen LogP) is 4.61. The van der Waals surface area contributed by atoms with E-state index in [2.05, 4.69) is 17.6 Å². The van der Waals surface area contributed by atoms with Gasteiger partial charge in [0.1, 0.15) is 0 Å². The maximum atomic E-state index is 5.49. The number of benzene rings is 2. The van der Waals surface area contributed by atoms with E-state index in [1.54, 1.807) is 28.4 Å². The van der Waals surface area contributed by atoms with Crippen molar-refractivity contribution >= 4 is 11.8 Å². The molecule has 1 fully saturated rings. The number of allylic oxidation sites excluding steroid dienone is 1. The zero-order valence-corrected chi connectivity index (χ0v) is 17.9. The van der Waals surface area contributed by atoms with Crippen molar-refractivity contribution in [3.8, 4) is 23.0 Å². The quantitative estimate of drug-likeness (QED) is 0.757. The summed E-state index contributed by atoms with van der Waals surface area (Å²) in [5, 5.41) is 4.74. The SMILES string of the molecule is COc1ccc(/C=C2\CCCC3C2=NNC3c2ccc(OC)c(OC)c2)cc1OC. The third kappa shape index (κ3) is 3.70. The van der Waals surface area contributed by atoms with Crippen LogP contribution in [-0.2, 0) is 0 Å². The summed E-state index contributed by atoms with van der Waals surface area (Å²) in [6.07, 6.45) is 5.47. The lowest BCUT2D eigenvalue weighted by molar-refractivity contribution is 0.353. The Morgan fingerprint density at radius 2 is 1.53 bits per heavy atom. The molecule has 0 aromatic heterocycles. The van der Waals surface area contributed by atoms with Crippen LogP contribution >= 0.6 is 0 Å². The van der Waals surface area contributed by atoms with Crippen LogP contribution in [-0.4, -0.2) is 34.2 Å². The van der Waals surface area contributed by atoms with Gasteiger partial charge in [0, 0.05) is 5.92 Å². The Morgan fingerprint density at radius 1 is 0.867 bits per heavy atom. The van der Waals surface area contributed by atoms with Crippen LogP contribution in [0, 0.1) is 5.92 Å². The number of hydrogen-bond donors (Lipinski definition) is 1. The first-order chi connectivity index (χ1) is 14.7. The summed E-state index contributed by atoms with van der Waals surface area (Å²) < 4.78 is 21.7. The minimum atomic E-state index is 0.133. The maximum Gasteiger partial charge on any atom is 0.161 e. The Hall–Kier alpha value is -3.15. The molecule has 1 aliphatic carbocycles. The molecule has 6 heteroatoms. The number of hydrazone groups is 1. The highest BCUT2D eigenvalue weighted by Crippen LogP contribution is 2.41. The number of fused-ring (bicyclic) bond motifs is 1. The molecule has 1 aliphatic heterocycles. The second kappa shape index (κ2) is 8.69. The molecule has 2 aliphatic rings. The van der Waals surface area contributed by atoms with Crippen molar-refractivity contribution in [2.24, 2.45) is 11.0 Å². The smallest absolute Gasteiger partial charge is 0.161 e. The van der Waals surface area contributed by atoms with Crippen LogP contribution in [0.4, 0.5) is 0 Å². The summed E-state index contributed by atoms with van der Waals surface area (Å²) in [6, 6.07) is 12.2. The molecule has 4 rings (SSSR count). The number of hydrogen-bond acceptors (Lipinski definition) is 6. The topological polar surface area (TPSA) is 61.3 Å². The van der Waals surface area contributed by atoms with Crippen molar-refractivity contribution in [1.82, 2.24) is 5.43 Å². The van der Waals surface area contributed by atoms with Crippen molar-refractivity contribution in [1.29, 1.82) is 0 Å². The molecule has 2 unspecified atom stereocenters. The molecule has 0 bridgehead atoms. The molecule has 1 N–H and O–H groups in total. The van der Waals surface area contributed by atoms with E-state index in [0.717, 1.165) is 59.1 Å². The second-order valence-corrected chi connectivity index (χ2v) is 7.50. The molecule has 158 valence electrons. The van der Waals surface area contributed by atoms with Crippen molar-refractivity contribution in [3.05, 3.63) is 53.1 Å². The van der Waals surface area contributed by atoms with Gasteiger partial charge in [-0.1, -0.05) is 12.1 Å². The average Bonchev–Trinajstić information content (AvgIpc) is 3.23. The van der Waals surface area contributed by atoms with E-state index in [0.29, 0.717) is 5.92 Å². The lowest BCUT2D eigenvalue weighted by Gasteiger charge is -2.26. The normalized spacial score (nSPS) is 21.5.